The van der Waals surface area contributed by atoms with Gasteiger partial charge in [0.2, 0.25) is 11.8 Å². The quantitative estimate of drug-likeness (QED) is 0.656. The van der Waals surface area contributed by atoms with E-state index in [0.29, 0.717) is 35.6 Å². The van der Waals surface area contributed by atoms with E-state index in [1.807, 2.05) is 0 Å². The molecule has 8 heteroatoms. The minimum atomic E-state index is -0.890. The molecule has 5 amide bonds. The minimum absolute atomic E-state index is 0.162. The van der Waals surface area contributed by atoms with Crippen LogP contribution in [0, 0.1) is 18.3 Å². The average Bonchev–Trinajstić information content (AvgIpc) is 2.85. The highest BCUT2D eigenvalue weighted by atomic mass is 16.2. The minimum Gasteiger partial charge on any atom is -0.366 e. The summed E-state index contributed by atoms with van der Waals surface area (Å²) < 4.78 is 0. The van der Waals surface area contributed by atoms with Crippen molar-refractivity contribution in [3.63, 3.8) is 0 Å². The molecule has 0 bridgehead atoms. The SMILES string of the molecule is Cc1cc(NC(=O)CN2C(=O)NC3(CCC(C(C)(C)C)CC3)C2=O)ccc1C(N)=O. The molecule has 1 aliphatic carbocycles. The van der Waals surface area contributed by atoms with Crippen molar-refractivity contribution in [1.29, 1.82) is 0 Å². The lowest BCUT2D eigenvalue weighted by Gasteiger charge is -2.40. The first-order chi connectivity index (χ1) is 13.9. The molecule has 0 unspecified atom stereocenters. The molecule has 1 heterocycles. The second-order valence-electron chi connectivity index (χ2n) is 9.49. The third-order valence-electron chi connectivity index (χ3n) is 6.39. The van der Waals surface area contributed by atoms with E-state index in [1.165, 1.54) is 6.07 Å². The molecule has 1 saturated carbocycles. The number of hydrogen-bond acceptors (Lipinski definition) is 4. The van der Waals surface area contributed by atoms with Crippen LogP contribution in [0.25, 0.3) is 0 Å². The maximum Gasteiger partial charge on any atom is 0.325 e. The first kappa shape index (κ1) is 21.8. The van der Waals surface area contributed by atoms with Crippen molar-refractivity contribution in [3.8, 4) is 0 Å². The number of nitrogens with zero attached hydrogens (tertiary/aromatic N) is 1. The summed E-state index contributed by atoms with van der Waals surface area (Å²) in [7, 11) is 0. The fourth-order valence-electron chi connectivity index (χ4n) is 4.50. The molecule has 162 valence electrons. The van der Waals surface area contributed by atoms with Crippen LogP contribution in [0.3, 0.4) is 0 Å². The second-order valence-corrected chi connectivity index (χ2v) is 9.49. The predicted octanol–water partition coefficient (Wildman–Crippen LogP) is 2.56. The molecule has 1 saturated heterocycles. The number of imide groups is 1. The Labute approximate surface area is 176 Å². The van der Waals surface area contributed by atoms with Crippen molar-refractivity contribution < 1.29 is 19.2 Å². The van der Waals surface area contributed by atoms with Gasteiger partial charge in [0.05, 0.1) is 0 Å². The highest BCUT2D eigenvalue weighted by Gasteiger charge is 2.53. The molecule has 8 nitrogen and oxygen atoms in total. The first-order valence-electron chi connectivity index (χ1n) is 10.3. The number of carbonyl (C=O) groups excluding carboxylic acids is 4. The summed E-state index contributed by atoms with van der Waals surface area (Å²) in [6.07, 6.45) is 2.90. The lowest BCUT2D eigenvalue weighted by atomic mass is 9.67. The zero-order chi connectivity index (χ0) is 22.3. The van der Waals surface area contributed by atoms with E-state index in [1.54, 1.807) is 19.1 Å². The maximum atomic E-state index is 13.0. The molecule has 1 aromatic carbocycles. The Balaban J connectivity index is 1.64. The Kier molecular flexibility index (Phi) is 5.62. The normalized spacial score (nSPS) is 24.1. The number of carbonyl (C=O) groups is 4. The molecule has 3 rings (SSSR count). The van der Waals surface area contributed by atoms with Crippen molar-refractivity contribution in [2.75, 3.05) is 11.9 Å². The second kappa shape index (κ2) is 7.74. The number of benzene rings is 1. The summed E-state index contributed by atoms with van der Waals surface area (Å²) in [6, 6.07) is 4.19. The van der Waals surface area contributed by atoms with Gasteiger partial charge < -0.3 is 16.4 Å². The molecule has 2 fully saturated rings. The summed E-state index contributed by atoms with van der Waals surface area (Å²) in [4.78, 5) is 50.3. The summed E-state index contributed by atoms with van der Waals surface area (Å²) in [5.41, 5.74) is 6.03. The van der Waals surface area contributed by atoms with E-state index in [-0.39, 0.29) is 17.9 Å². The molecule has 4 N–H and O–H groups in total. The monoisotopic (exact) mass is 414 g/mol. The largest absolute Gasteiger partial charge is 0.366 e. The van der Waals surface area contributed by atoms with Crippen LogP contribution in [0.5, 0.6) is 0 Å². The van der Waals surface area contributed by atoms with Crippen LogP contribution in [-0.2, 0) is 9.59 Å². The fourth-order valence-corrected chi connectivity index (χ4v) is 4.50. The van der Waals surface area contributed by atoms with Crippen LogP contribution < -0.4 is 16.4 Å². The van der Waals surface area contributed by atoms with Gasteiger partial charge in [0.25, 0.3) is 5.91 Å². The van der Waals surface area contributed by atoms with E-state index in [2.05, 4.69) is 31.4 Å². The van der Waals surface area contributed by atoms with Gasteiger partial charge in [0.1, 0.15) is 12.1 Å². The van der Waals surface area contributed by atoms with E-state index < -0.39 is 23.4 Å². The maximum absolute atomic E-state index is 13.0. The average molecular weight is 415 g/mol. The van der Waals surface area contributed by atoms with E-state index in [0.717, 1.165) is 17.7 Å². The van der Waals surface area contributed by atoms with Crippen molar-refractivity contribution >= 4 is 29.4 Å². The predicted molar refractivity (Wildman–Crippen MR) is 113 cm³/mol. The fraction of sp³-hybridized carbons (Fsp3) is 0.545. The number of rotatable bonds is 4. The van der Waals surface area contributed by atoms with Crippen molar-refractivity contribution in [2.45, 2.75) is 58.9 Å². The number of primary amides is 1. The Morgan fingerprint density at radius 1 is 1.23 bits per heavy atom. The lowest BCUT2D eigenvalue weighted by molar-refractivity contribution is -0.135. The molecule has 0 atom stereocenters. The molecule has 1 aromatic rings. The smallest absolute Gasteiger partial charge is 0.325 e. The first-order valence-corrected chi connectivity index (χ1v) is 10.3. The number of anilines is 1. The Hall–Kier alpha value is -2.90. The summed E-state index contributed by atoms with van der Waals surface area (Å²) in [6.45, 7) is 7.94. The Morgan fingerprint density at radius 3 is 2.40 bits per heavy atom. The van der Waals surface area contributed by atoms with Gasteiger partial charge in [-0.15, -0.1) is 0 Å². The van der Waals surface area contributed by atoms with Crippen LogP contribution >= 0.6 is 0 Å². The number of amides is 5. The van der Waals surface area contributed by atoms with Crippen molar-refractivity contribution in [1.82, 2.24) is 10.2 Å². The van der Waals surface area contributed by atoms with Gasteiger partial charge in [-0.25, -0.2) is 4.79 Å². The van der Waals surface area contributed by atoms with Crippen LogP contribution in [-0.4, -0.2) is 40.7 Å². The molecule has 0 aromatic heterocycles. The van der Waals surface area contributed by atoms with E-state index in [9.17, 15) is 19.2 Å². The van der Waals surface area contributed by atoms with Crippen LogP contribution in [0.15, 0.2) is 18.2 Å². The third kappa shape index (κ3) is 4.17. The third-order valence-corrected chi connectivity index (χ3v) is 6.39. The summed E-state index contributed by atoms with van der Waals surface area (Å²) in [5, 5.41) is 5.52. The van der Waals surface area contributed by atoms with Gasteiger partial charge in [-0.2, -0.15) is 0 Å². The van der Waals surface area contributed by atoms with Crippen LogP contribution in [0.1, 0.15) is 62.4 Å². The standard InChI is InChI=1S/C22H30N4O4/c1-13-11-15(5-6-16(13)18(23)28)24-17(27)12-26-19(29)22(25-20(26)30)9-7-14(8-10-22)21(2,3)4/h5-6,11,14H,7-10,12H2,1-4H3,(H2,23,28)(H,24,27)(H,25,30). The van der Waals surface area contributed by atoms with E-state index in [4.69, 9.17) is 5.73 Å². The van der Waals surface area contributed by atoms with Gasteiger partial charge in [0.15, 0.2) is 0 Å². The van der Waals surface area contributed by atoms with Gasteiger partial charge in [-0.1, -0.05) is 20.8 Å². The molecule has 0 radical (unpaired) electrons. The van der Waals surface area contributed by atoms with Gasteiger partial charge in [-0.05, 0) is 67.7 Å². The number of hydrogen-bond donors (Lipinski definition) is 3. The molecular formula is C22H30N4O4. The van der Waals surface area contributed by atoms with Gasteiger partial charge in [0, 0.05) is 11.3 Å². The highest BCUT2D eigenvalue weighted by molar-refractivity contribution is 6.10. The zero-order valence-corrected chi connectivity index (χ0v) is 18.0. The summed E-state index contributed by atoms with van der Waals surface area (Å²) in [5.74, 6) is -0.853. The molecular weight excluding hydrogens is 384 g/mol. The van der Waals surface area contributed by atoms with Crippen molar-refractivity contribution in [3.05, 3.63) is 29.3 Å². The molecule has 2 aliphatic rings. The van der Waals surface area contributed by atoms with Gasteiger partial charge in [-0.3, -0.25) is 19.3 Å². The Morgan fingerprint density at radius 2 is 1.87 bits per heavy atom. The van der Waals surface area contributed by atoms with E-state index >= 15 is 0 Å². The topological polar surface area (TPSA) is 122 Å². The molecule has 1 spiro atoms. The zero-order valence-electron chi connectivity index (χ0n) is 18.0. The number of nitrogens with one attached hydrogen (secondary N) is 2. The Bertz CT molecular complexity index is 895. The molecule has 1 aliphatic heterocycles. The van der Waals surface area contributed by atoms with Crippen LogP contribution in [0.4, 0.5) is 10.5 Å². The molecule has 30 heavy (non-hydrogen) atoms. The number of nitrogens with two attached hydrogens (primary N) is 1. The lowest BCUT2D eigenvalue weighted by Crippen LogP contribution is -2.50. The van der Waals surface area contributed by atoms with Gasteiger partial charge >= 0.3 is 6.03 Å². The number of aryl methyl sites for hydroxylation is 1. The highest BCUT2D eigenvalue weighted by Crippen LogP contribution is 2.43. The van der Waals surface area contributed by atoms with Crippen molar-refractivity contribution in [2.24, 2.45) is 17.1 Å². The summed E-state index contributed by atoms with van der Waals surface area (Å²) >= 11 is 0. The van der Waals surface area contributed by atoms with Crippen LogP contribution in [0.2, 0.25) is 0 Å². The number of urea groups is 1.